The summed E-state index contributed by atoms with van der Waals surface area (Å²) in [5.74, 6) is -1.06. The molecule has 0 radical (unpaired) electrons. The molecule has 2 amide bonds. The van der Waals surface area contributed by atoms with E-state index in [0.29, 0.717) is 5.69 Å². The quantitative estimate of drug-likeness (QED) is 0.788. The number of rotatable bonds is 6. The Morgan fingerprint density at radius 1 is 1.38 bits per heavy atom. The average Bonchev–Trinajstić information content (AvgIpc) is 2.39. The van der Waals surface area contributed by atoms with Crippen molar-refractivity contribution in [1.29, 1.82) is 0 Å². The number of amides is 2. The monoisotopic (exact) mass is 291 g/mol. The van der Waals surface area contributed by atoms with Gasteiger partial charge in [0.15, 0.2) is 0 Å². The van der Waals surface area contributed by atoms with E-state index in [9.17, 15) is 9.59 Å². The Labute approximate surface area is 124 Å². The van der Waals surface area contributed by atoms with Crippen LogP contribution in [0.4, 0.5) is 16.2 Å². The van der Waals surface area contributed by atoms with E-state index in [1.54, 1.807) is 6.07 Å². The molecule has 0 fully saturated rings. The van der Waals surface area contributed by atoms with Crippen molar-refractivity contribution in [3.63, 3.8) is 0 Å². The van der Waals surface area contributed by atoms with E-state index < -0.39 is 12.0 Å². The van der Waals surface area contributed by atoms with Gasteiger partial charge in [0.05, 0.1) is 0 Å². The average molecular weight is 291 g/mol. The summed E-state index contributed by atoms with van der Waals surface area (Å²) in [4.78, 5) is 26.0. The second-order valence-corrected chi connectivity index (χ2v) is 4.89. The van der Waals surface area contributed by atoms with E-state index in [1.807, 2.05) is 38.1 Å². The van der Waals surface area contributed by atoms with Gasteiger partial charge in [-0.2, -0.15) is 0 Å². The molecule has 0 atom stereocenters. The zero-order valence-electron chi connectivity index (χ0n) is 12.6. The van der Waals surface area contributed by atoms with E-state index in [4.69, 9.17) is 5.11 Å². The molecule has 0 aliphatic heterocycles. The Balaban J connectivity index is 2.88. The van der Waals surface area contributed by atoms with Crippen molar-refractivity contribution >= 4 is 23.4 Å². The number of urea groups is 1. The smallest absolute Gasteiger partial charge is 0.323 e. The maximum Gasteiger partial charge on any atom is 0.323 e. The van der Waals surface area contributed by atoms with Gasteiger partial charge in [0.25, 0.3) is 0 Å². The topological polar surface area (TPSA) is 72.9 Å². The van der Waals surface area contributed by atoms with Crippen LogP contribution < -0.4 is 10.2 Å². The lowest BCUT2D eigenvalue weighted by Crippen LogP contribution is -2.38. The Hall–Kier alpha value is -2.50. The van der Waals surface area contributed by atoms with E-state index in [-0.39, 0.29) is 13.1 Å². The first-order chi connectivity index (χ1) is 9.85. The number of nitrogens with zero attached hydrogens (tertiary/aromatic N) is 2. The highest BCUT2D eigenvalue weighted by Crippen LogP contribution is 2.22. The summed E-state index contributed by atoms with van der Waals surface area (Å²) in [6, 6.07) is 5.07. The Bertz CT molecular complexity index is 541. The number of aryl methyl sites for hydroxylation is 1. The van der Waals surface area contributed by atoms with Gasteiger partial charge in [-0.25, -0.2) is 4.79 Å². The third-order valence-electron chi connectivity index (χ3n) is 2.91. The maximum absolute atomic E-state index is 12.1. The summed E-state index contributed by atoms with van der Waals surface area (Å²) in [6.07, 6.45) is 1.49. The van der Waals surface area contributed by atoms with E-state index in [2.05, 4.69) is 11.9 Å². The van der Waals surface area contributed by atoms with Crippen LogP contribution in [0.5, 0.6) is 0 Å². The van der Waals surface area contributed by atoms with E-state index >= 15 is 0 Å². The number of hydrogen-bond acceptors (Lipinski definition) is 3. The number of anilines is 2. The molecule has 0 spiro atoms. The van der Waals surface area contributed by atoms with Crippen LogP contribution in [0.25, 0.3) is 0 Å². The number of nitrogens with one attached hydrogen (secondary N) is 1. The molecule has 0 aromatic heterocycles. The van der Waals surface area contributed by atoms with Gasteiger partial charge in [0, 0.05) is 32.0 Å². The number of benzene rings is 1. The fourth-order valence-electron chi connectivity index (χ4n) is 1.91. The molecule has 1 aromatic carbocycles. The van der Waals surface area contributed by atoms with Crippen molar-refractivity contribution in [3.05, 3.63) is 36.4 Å². The van der Waals surface area contributed by atoms with Crippen molar-refractivity contribution in [2.45, 2.75) is 6.92 Å². The van der Waals surface area contributed by atoms with Crippen LogP contribution in [0.15, 0.2) is 30.9 Å². The van der Waals surface area contributed by atoms with Gasteiger partial charge >= 0.3 is 12.0 Å². The van der Waals surface area contributed by atoms with Gasteiger partial charge in [0.2, 0.25) is 0 Å². The summed E-state index contributed by atoms with van der Waals surface area (Å²) >= 11 is 0. The molecule has 21 heavy (non-hydrogen) atoms. The zero-order chi connectivity index (χ0) is 16.0. The van der Waals surface area contributed by atoms with Crippen molar-refractivity contribution in [2.24, 2.45) is 0 Å². The van der Waals surface area contributed by atoms with E-state index in [1.165, 1.54) is 11.0 Å². The molecule has 0 aliphatic rings. The minimum absolute atomic E-state index is 0.171. The number of carbonyl (C=O) groups excluding carboxylic acids is 1. The fourth-order valence-corrected chi connectivity index (χ4v) is 1.91. The van der Waals surface area contributed by atoms with Crippen molar-refractivity contribution < 1.29 is 14.7 Å². The summed E-state index contributed by atoms with van der Waals surface area (Å²) < 4.78 is 0. The minimum Gasteiger partial charge on any atom is -0.480 e. The second-order valence-electron chi connectivity index (χ2n) is 4.89. The van der Waals surface area contributed by atoms with Gasteiger partial charge in [-0.1, -0.05) is 12.1 Å². The molecule has 6 heteroatoms. The number of carboxylic acids is 1. The number of hydrogen-bond donors (Lipinski definition) is 2. The highest BCUT2D eigenvalue weighted by molar-refractivity contribution is 5.92. The summed E-state index contributed by atoms with van der Waals surface area (Å²) in [5, 5.41) is 11.5. The molecule has 114 valence electrons. The fraction of sp³-hybridized carbons (Fsp3) is 0.333. The highest BCUT2D eigenvalue weighted by Gasteiger charge is 2.15. The van der Waals surface area contributed by atoms with Gasteiger partial charge < -0.3 is 20.2 Å². The molecular formula is C15H21N3O3. The lowest BCUT2D eigenvalue weighted by atomic mass is 10.1. The zero-order valence-corrected chi connectivity index (χ0v) is 12.6. The molecule has 0 saturated heterocycles. The first-order valence-corrected chi connectivity index (χ1v) is 6.51. The SMILES string of the molecule is C=CCN(CC(=O)O)C(=O)Nc1ccc(C)c(N(C)C)c1. The van der Waals surface area contributed by atoms with Crippen LogP contribution in [0.2, 0.25) is 0 Å². The third-order valence-corrected chi connectivity index (χ3v) is 2.91. The molecule has 6 nitrogen and oxygen atoms in total. The Kier molecular flexibility index (Phi) is 5.78. The molecule has 2 N–H and O–H groups in total. The molecular weight excluding hydrogens is 270 g/mol. The lowest BCUT2D eigenvalue weighted by molar-refractivity contribution is -0.137. The summed E-state index contributed by atoms with van der Waals surface area (Å²) in [6.45, 7) is 5.31. The van der Waals surface area contributed by atoms with Crippen molar-refractivity contribution in [2.75, 3.05) is 37.4 Å². The normalized spacial score (nSPS) is 9.86. The molecule has 1 aromatic rings. The second kappa shape index (κ2) is 7.33. The number of aliphatic carboxylic acids is 1. The molecule has 0 unspecified atom stereocenters. The van der Waals surface area contributed by atoms with E-state index in [0.717, 1.165) is 11.3 Å². The van der Waals surface area contributed by atoms with Crippen molar-refractivity contribution in [3.8, 4) is 0 Å². The molecule has 0 bridgehead atoms. The van der Waals surface area contributed by atoms with Gasteiger partial charge in [-0.05, 0) is 24.6 Å². The highest BCUT2D eigenvalue weighted by atomic mass is 16.4. The predicted octanol–water partition coefficient (Wildman–Crippen LogP) is 2.17. The first-order valence-electron chi connectivity index (χ1n) is 6.51. The van der Waals surface area contributed by atoms with Crippen molar-refractivity contribution in [1.82, 2.24) is 4.90 Å². The lowest BCUT2D eigenvalue weighted by Gasteiger charge is -2.21. The maximum atomic E-state index is 12.1. The molecule has 1 rings (SSSR count). The van der Waals surface area contributed by atoms with Gasteiger partial charge in [-0.15, -0.1) is 6.58 Å². The molecule has 0 saturated carbocycles. The largest absolute Gasteiger partial charge is 0.480 e. The summed E-state index contributed by atoms with van der Waals surface area (Å²) in [5.41, 5.74) is 2.70. The van der Waals surface area contributed by atoms with Gasteiger partial charge in [-0.3, -0.25) is 4.79 Å². The van der Waals surface area contributed by atoms with Crippen LogP contribution in [0.3, 0.4) is 0 Å². The Morgan fingerprint density at radius 2 is 2.05 bits per heavy atom. The molecule has 0 heterocycles. The van der Waals surface area contributed by atoms with Crippen LogP contribution in [0, 0.1) is 6.92 Å². The summed E-state index contributed by atoms with van der Waals surface area (Å²) in [7, 11) is 3.84. The first kappa shape index (κ1) is 16.6. The number of carbonyl (C=O) groups is 2. The van der Waals surface area contributed by atoms with Crippen LogP contribution in [0.1, 0.15) is 5.56 Å². The van der Waals surface area contributed by atoms with Crippen LogP contribution in [-0.2, 0) is 4.79 Å². The third kappa shape index (κ3) is 4.83. The predicted molar refractivity (Wildman–Crippen MR) is 83.9 cm³/mol. The number of carboxylic acid groups (broad SMARTS) is 1. The standard InChI is InChI=1S/C15H21N3O3/c1-5-8-18(10-14(19)20)15(21)16-12-7-6-11(2)13(9-12)17(3)4/h5-7,9H,1,8,10H2,2-4H3,(H,16,21)(H,19,20). The Morgan fingerprint density at radius 3 is 2.57 bits per heavy atom. The molecule has 0 aliphatic carbocycles. The van der Waals surface area contributed by atoms with Crippen LogP contribution >= 0.6 is 0 Å². The minimum atomic E-state index is -1.06. The van der Waals surface area contributed by atoms with Crippen LogP contribution in [-0.4, -0.2) is 49.2 Å². The van der Waals surface area contributed by atoms with Gasteiger partial charge in [0.1, 0.15) is 6.54 Å².